The Hall–Kier alpha value is -2.97. The molecular formula is C28H34N4O3S. The third-order valence-electron chi connectivity index (χ3n) is 7.48. The zero-order valence-corrected chi connectivity index (χ0v) is 21.6. The van der Waals surface area contributed by atoms with Crippen molar-refractivity contribution in [2.45, 2.75) is 50.0 Å². The highest BCUT2D eigenvalue weighted by atomic mass is 32.2. The van der Waals surface area contributed by atoms with Crippen LogP contribution in [0.25, 0.3) is 10.9 Å². The van der Waals surface area contributed by atoms with Gasteiger partial charge in [0.15, 0.2) is 0 Å². The first-order chi connectivity index (χ1) is 17.4. The number of benzene rings is 2. The molecule has 1 aromatic heterocycles. The number of sulfonamides is 1. The van der Waals surface area contributed by atoms with Crippen LogP contribution in [0.2, 0.25) is 0 Å². The van der Waals surface area contributed by atoms with Gasteiger partial charge in [0.05, 0.1) is 5.52 Å². The predicted octanol–water partition coefficient (Wildman–Crippen LogP) is 4.76. The molecule has 1 N–H and O–H groups in total. The number of anilines is 1. The lowest BCUT2D eigenvalue weighted by Crippen LogP contribution is -2.54. The summed E-state index contributed by atoms with van der Waals surface area (Å²) in [5.41, 5.74) is 1.40. The van der Waals surface area contributed by atoms with Gasteiger partial charge in [-0.25, -0.2) is 8.42 Å². The van der Waals surface area contributed by atoms with Crippen molar-refractivity contribution in [2.24, 2.45) is 5.92 Å². The van der Waals surface area contributed by atoms with E-state index in [1.165, 1.54) is 32.1 Å². The van der Waals surface area contributed by atoms with Gasteiger partial charge < -0.3 is 4.90 Å². The van der Waals surface area contributed by atoms with Gasteiger partial charge in [0, 0.05) is 55.1 Å². The van der Waals surface area contributed by atoms with Gasteiger partial charge >= 0.3 is 0 Å². The van der Waals surface area contributed by atoms with E-state index < -0.39 is 10.0 Å². The molecule has 1 atom stereocenters. The van der Waals surface area contributed by atoms with Gasteiger partial charge in [-0.1, -0.05) is 37.5 Å². The molecule has 190 valence electrons. The fourth-order valence-corrected chi connectivity index (χ4v) is 6.82. The normalized spacial score (nSPS) is 19.9. The Bertz CT molecular complexity index is 1310. The average molecular weight is 507 g/mol. The Labute approximate surface area is 213 Å². The molecule has 2 fully saturated rings. The van der Waals surface area contributed by atoms with E-state index in [1.807, 2.05) is 17.0 Å². The number of hydrogen-bond acceptors (Lipinski definition) is 5. The summed E-state index contributed by atoms with van der Waals surface area (Å²) in [5, 5.41) is 0.759. The van der Waals surface area contributed by atoms with E-state index in [9.17, 15) is 13.2 Å². The highest BCUT2D eigenvalue weighted by Crippen LogP contribution is 2.26. The van der Waals surface area contributed by atoms with Gasteiger partial charge in [-0.15, -0.1) is 0 Å². The summed E-state index contributed by atoms with van der Waals surface area (Å²) < 4.78 is 28.8. The van der Waals surface area contributed by atoms with Gasteiger partial charge in [0.1, 0.15) is 4.90 Å². The molecule has 1 aliphatic heterocycles. The maximum absolute atomic E-state index is 13.2. The lowest BCUT2D eigenvalue weighted by molar-refractivity contribution is 0.0444. The summed E-state index contributed by atoms with van der Waals surface area (Å²) >= 11 is 0. The lowest BCUT2D eigenvalue weighted by atomic mass is 9.88. The Morgan fingerprint density at radius 3 is 2.50 bits per heavy atom. The van der Waals surface area contributed by atoms with Crippen molar-refractivity contribution in [1.82, 2.24) is 14.8 Å². The summed E-state index contributed by atoms with van der Waals surface area (Å²) in [4.78, 5) is 22.1. The number of carbonyl (C=O) groups is 1. The molecule has 1 saturated carbocycles. The third-order valence-corrected chi connectivity index (χ3v) is 8.90. The number of hydrogen-bond donors (Lipinski definition) is 1. The summed E-state index contributed by atoms with van der Waals surface area (Å²) in [6, 6.07) is 15.5. The molecule has 3 aromatic rings. The van der Waals surface area contributed by atoms with Gasteiger partial charge in [0.25, 0.3) is 15.9 Å². The number of piperazine rings is 1. The monoisotopic (exact) mass is 506 g/mol. The molecule has 2 aliphatic rings. The van der Waals surface area contributed by atoms with Gasteiger partial charge in [0.2, 0.25) is 0 Å². The van der Waals surface area contributed by atoms with E-state index in [-0.39, 0.29) is 16.8 Å². The van der Waals surface area contributed by atoms with Crippen molar-refractivity contribution in [3.8, 4) is 0 Å². The van der Waals surface area contributed by atoms with Crippen molar-refractivity contribution in [3.63, 3.8) is 0 Å². The fourth-order valence-electron chi connectivity index (χ4n) is 5.59. The van der Waals surface area contributed by atoms with E-state index >= 15 is 0 Å². The number of nitrogens with one attached hydrogen (secondary N) is 1. The number of aromatic nitrogens is 1. The van der Waals surface area contributed by atoms with E-state index in [2.05, 4.69) is 21.5 Å². The summed E-state index contributed by atoms with van der Waals surface area (Å²) in [7, 11) is -3.83. The summed E-state index contributed by atoms with van der Waals surface area (Å²) in [6.45, 7) is 5.79. The van der Waals surface area contributed by atoms with Crippen molar-refractivity contribution in [2.75, 3.05) is 30.9 Å². The van der Waals surface area contributed by atoms with Crippen LogP contribution >= 0.6 is 0 Å². The summed E-state index contributed by atoms with van der Waals surface area (Å²) in [5.74, 6) is 0.793. The molecule has 5 rings (SSSR count). The van der Waals surface area contributed by atoms with E-state index in [4.69, 9.17) is 0 Å². The Morgan fingerprint density at radius 2 is 1.75 bits per heavy atom. The van der Waals surface area contributed by atoms with Crippen molar-refractivity contribution in [3.05, 3.63) is 66.4 Å². The highest BCUT2D eigenvalue weighted by Gasteiger charge is 2.29. The molecule has 7 nitrogen and oxygen atoms in total. The first kappa shape index (κ1) is 24.7. The largest absolute Gasteiger partial charge is 0.333 e. The predicted molar refractivity (Wildman–Crippen MR) is 143 cm³/mol. The minimum Gasteiger partial charge on any atom is -0.333 e. The van der Waals surface area contributed by atoms with Crippen LogP contribution < -0.4 is 4.72 Å². The number of rotatable bonds is 6. The number of carbonyl (C=O) groups excluding carboxylic acids is 1. The first-order valence-electron chi connectivity index (χ1n) is 12.9. The first-order valence-corrected chi connectivity index (χ1v) is 14.4. The molecular weight excluding hydrogens is 472 g/mol. The van der Waals surface area contributed by atoms with Crippen molar-refractivity contribution >= 4 is 32.5 Å². The standard InChI is InChI=1S/C28H34N4O3S/c1-21-19-31(20-22-7-3-2-4-8-22)17-18-32(21)28(33)24-12-14-25(15-13-24)30-36(34,35)26-11-5-9-23-10-6-16-29-27(23)26/h5-6,9-16,21-22,30H,2-4,7-8,17-20H2,1H3/t21-/m1/s1. The Kier molecular flexibility index (Phi) is 7.25. The van der Waals surface area contributed by atoms with Gasteiger partial charge in [-0.3, -0.25) is 19.4 Å². The number of amides is 1. The van der Waals surface area contributed by atoms with E-state index in [0.29, 0.717) is 16.8 Å². The van der Waals surface area contributed by atoms with Gasteiger partial charge in [-0.05, 0) is 62.1 Å². The van der Waals surface area contributed by atoms with Crippen LogP contribution in [0.4, 0.5) is 5.69 Å². The van der Waals surface area contributed by atoms with Crippen LogP contribution in [0.5, 0.6) is 0 Å². The van der Waals surface area contributed by atoms with Crippen LogP contribution in [0.3, 0.4) is 0 Å². The number of para-hydroxylation sites is 1. The summed E-state index contributed by atoms with van der Waals surface area (Å²) in [6.07, 6.45) is 8.32. The van der Waals surface area contributed by atoms with Crippen LogP contribution in [0.15, 0.2) is 65.7 Å². The second-order valence-electron chi connectivity index (χ2n) is 10.1. The molecule has 2 heterocycles. The number of fused-ring (bicyclic) bond motifs is 1. The maximum Gasteiger partial charge on any atom is 0.264 e. The SMILES string of the molecule is C[C@@H]1CN(CC2CCCCC2)CCN1C(=O)c1ccc(NS(=O)(=O)c2cccc3cccnc23)cc1. The zero-order chi connectivity index (χ0) is 25.1. The smallest absolute Gasteiger partial charge is 0.264 e. The highest BCUT2D eigenvalue weighted by molar-refractivity contribution is 7.93. The van der Waals surface area contributed by atoms with Crippen molar-refractivity contribution in [1.29, 1.82) is 0 Å². The topological polar surface area (TPSA) is 82.6 Å². The van der Waals surface area contributed by atoms with E-state index in [0.717, 1.165) is 37.5 Å². The average Bonchev–Trinajstić information content (AvgIpc) is 2.89. The number of nitrogens with zero attached hydrogens (tertiary/aromatic N) is 3. The second-order valence-corrected chi connectivity index (χ2v) is 11.8. The lowest BCUT2D eigenvalue weighted by Gasteiger charge is -2.41. The molecule has 0 unspecified atom stereocenters. The molecule has 0 radical (unpaired) electrons. The minimum atomic E-state index is -3.83. The molecule has 1 amide bonds. The van der Waals surface area contributed by atoms with E-state index in [1.54, 1.807) is 48.7 Å². The molecule has 1 saturated heterocycles. The third kappa shape index (κ3) is 5.39. The van der Waals surface area contributed by atoms with Crippen molar-refractivity contribution < 1.29 is 13.2 Å². The molecule has 8 heteroatoms. The van der Waals surface area contributed by atoms with Crippen LogP contribution in [0, 0.1) is 5.92 Å². The fraction of sp³-hybridized carbons (Fsp3) is 0.429. The second kappa shape index (κ2) is 10.6. The molecule has 0 bridgehead atoms. The quantitative estimate of drug-likeness (QED) is 0.521. The Morgan fingerprint density at radius 1 is 1.00 bits per heavy atom. The zero-order valence-electron chi connectivity index (χ0n) is 20.8. The molecule has 0 spiro atoms. The van der Waals surface area contributed by atoms with Crippen LogP contribution in [-0.2, 0) is 10.0 Å². The Balaban J connectivity index is 1.23. The van der Waals surface area contributed by atoms with Crippen LogP contribution in [0.1, 0.15) is 49.4 Å². The molecule has 36 heavy (non-hydrogen) atoms. The molecule has 2 aromatic carbocycles. The van der Waals surface area contributed by atoms with Crippen LogP contribution in [-0.4, -0.2) is 61.3 Å². The molecule has 1 aliphatic carbocycles. The maximum atomic E-state index is 13.2. The number of pyridine rings is 1. The minimum absolute atomic E-state index is 0.00697. The van der Waals surface area contributed by atoms with Gasteiger partial charge in [-0.2, -0.15) is 0 Å².